The van der Waals surface area contributed by atoms with Gasteiger partial charge in [0.15, 0.2) is 0 Å². The van der Waals surface area contributed by atoms with E-state index in [1.807, 2.05) is 17.0 Å². The molecule has 0 saturated carbocycles. The molecule has 2 rings (SSSR count). The van der Waals surface area contributed by atoms with Crippen molar-refractivity contribution in [2.45, 2.75) is 31.6 Å². The third-order valence-corrected chi connectivity index (χ3v) is 3.96. The summed E-state index contributed by atoms with van der Waals surface area (Å²) in [7, 11) is 0. The minimum atomic E-state index is 0.0966. The molecule has 1 fully saturated rings. The van der Waals surface area contributed by atoms with Gasteiger partial charge in [0.1, 0.15) is 11.1 Å². The fraction of sp³-hybridized carbons (Fsp3) is 0.583. The second-order valence-electron chi connectivity index (χ2n) is 3.93. The topological polar surface area (TPSA) is 33.5 Å². The van der Waals surface area contributed by atoms with E-state index in [-0.39, 0.29) is 11.3 Å². The van der Waals surface area contributed by atoms with E-state index < -0.39 is 0 Å². The van der Waals surface area contributed by atoms with Crippen molar-refractivity contribution in [3.05, 3.63) is 24.2 Å². The zero-order valence-corrected chi connectivity index (χ0v) is 10.3. The Balaban J connectivity index is 2.01. The van der Waals surface area contributed by atoms with Gasteiger partial charge < -0.3 is 9.32 Å². The minimum absolute atomic E-state index is 0.0966. The summed E-state index contributed by atoms with van der Waals surface area (Å²) in [5.41, 5.74) is 0. The van der Waals surface area contributed by atoms with E-state index >= 15 is 0 Å². The molecular formula is C12H17NO2S. The molecule has 1 saturated heterocycles. The highest BCUT2D eigenvalue weighted by Gasteiger charge is 2.31. The van der Waals surface area contributed by atoms with Crippen LogP contribution >= 0.6 is 11.8 Å². The average molecular weight is 239 g/mol. The highest BCUT2D eigenvalue weighted by atomic mass is 32.2. The quantitative estimate of drug-likeness (QED) is 0.809. The van der Waals surface area contributed by atoms with Crippen LogP contribution in [0.5, 0.6) is 0 Å². The highest BCUT2D eigenvalue weighted by Crippen LogP contribution is 2.38. The summed E-state index contributed by atoms with van der Waals surface area (Å²) >= 11 is 1.78. The van der Waals surface area contributed by atoms with Crippen molar-refractivity contribution < 1.29 is 9.21 Å². The van der Waals surface area contributed by atoms with Crippen molar-refractivity contribution in [1.82, 2.24) is 4.90 Å². The Morgan fingerprint density at radius 2 is 2.56 bits per heavy atom. The van der Waals surface area contributed by atoms with Crippen molar-refractivity contribution in [2.24, 2.45) is 0 Å². The van der Waals surface area contributed by atoms with Gasteiger partial charge in [0, 0.05) is 18.7 Å². The maximum absolute atomic E-state index is 12.0. The van der Waals surface area contributed by atoms with Crippen LogP contribution in [-0.2, 0) is 4.79 Å². The molecule has 3 nitrogen and oxygen atoms in total. The van der Waals surface area contributed by atoms with Gasteiger partial charge in [-0.2, -0.15) is 0 Å². The van der Waals surface area contributed by atoms with Gasteiger partial charge in [-0.05, 0) is 18.6 Å². The van der Waals surface area contributed by atoms with Gasteiger partial charge in [0.25, 0.3) is 0 Å². The fourth-order valence-electron chi connectivity index (χ4n) is 1.86. The molecule has 1 aliphatic rings. The van der Waals surface area contributed by atoms with Crippen LogP contribution in [0.4, 0.5) is 0 Å². The van der Waals surface area contributed by atoms with Crippen molar-refractivity contribution in [1.29, 1.82) is 0 Å². The van der Waals surface area contributed by atoms with Crippen LogP contribution in [-0.4, -0.2) is 23.1 Å². The van der Waals surface area contributed by atoms with Crippen molar-refractivity contribution in [2.75, 3.05) is 12.3 Å². The number of rotatable bonds is 4. The number of hydrogen-bond donors (Lipinski definition) is 0. The Labute approximate surface area is 100 Å². The largest absolute Gasteiger partial charge is 0.466 e. The average Bonchev–Trinajstić information content (AvgIpc) is 2.94. The summed E-state index contributed by atoms with van der Waals surface area (Å²) in [6, 6.07) is 3.83. The van der Waals surface area contributed by atoms with Crippen LogP contribution < -0.4 is 0 Å². The number of carbonyl (C=O) groups is 1. The first kappa shape index (κ1) is 11.6. The number of hydrogen-bond acceptors (Lipinski definition) is 3. The lowest BCUT2D eigenvalue weighted by Crippen LogP contribution is -2.29. The van der Waals surface area contributed by atoms with Crippen LogP contribution in [0.1, 0.15) is 37.3 Å². The second-order valence-corrected chi connectivity index (χ2v) is 5.12. The van der Waals surface area contributed by atoms with E-state index in [1.54, 1.807) is 18.0 Å². The summed E-state index contributed by atoms with van der Waals surface area (Å²) in [5.74, 6) is 2.16. The Hall–Kier alpha value is -0.900. The molecule has 0 bridgehead atoms. The molecule has 0 aliphatic carbocycles. The molecule has 88 valence electrons. The molecule has 1 aromatic heterocycles. The Bertz CT molecular complexity index is 337. The predicted octanol–water partition coefficient (Wildman–Crippen LogP) is 3.04. The van der Waals surface area contributed by atoms with E-state index in [2.05, 4.69) is 6.92 Å². The van der Waals surface area contributed by atoms with E-state index in [0.717, 1.165) is 30.9 Å². The molecule has 2 heterocycles. The van der Waals surface area contributed by atoms with Crippen LogP contribution in [0.15, 0.2) is 22.8 Å². The molecule has 1 atom stereocenters. The fourth-order valence-corrected chi connectivity index (χ4v) is 3.09. The maximum Gasteiger partial charge on any atom is 0.223 e. The number of thioether (sulfide) groups is 1. The zero-order valence-electron chi connectivity index (χ0n) is 9.52. The van der Waals surface area contributed by atoms with E-state index in [9.17, 15) is 4.79 Å². The first-order valence-electron chi connectivity index (χ1n) is 5.77. The number of carbonyl (C=O) groups excluding carboxylic acids is 1. The molecule has 0 radical (unpaired) electrons. The highest BCUT2D eigenvalue weighted by molar-refractivity contribution is 7.99. The van der Waals surface area contributed by atoms with Gasteiger partial charge in [0.2, 0.25) is 5.91 Å². The lowest BCUT2D eigenvalue weighted by atomic mass is 10.2. The molecule has 1 aliphatic heterocycles. The Kier molecular flexibility index (Phi) is 3.93. The second kappa shape index (κ2) is 5.43. The van der Waals surface area contributed by atoms with Gasteiger partial charge in [-0.1, -0.05) is 13.3 Å². The van der Waals surface area contributed by atoms with Crippen LogP contribution in [0, 0.1) is 0 Å². The molecule has 16 heavy (non-hydrogen) atoms. The Morgan fingerprint density at radius 1 is 1.69 bits per heavy atom. The van der Waals surface area contributed by atoms with E-state index in [0.29, 0.717) is 6.42 Å². The van der Waals surface area contributed by atoms with Crippen molar-refractivity contribution in [3.8, 4) is 0 Å². The first-order chi connectivity index (χ1) is 7.83. The van der Waals surface area contributed by atoms with Crippen LogP contribution in [0.3, 0.4) is 0 Å². The molecule has 0 spiro atoms. The molecule has 1 unspecified atom stereocenters. The molecule has 0 aromatic carbocycles. The number of nitrogens with zero attached hydrogens (tertiary/aromatic N) is 1. The Morgan fingerprint density at radius 3 is 3.25 bits per heavy atom. The number of unbranched alkanes of at least 4 members (excludes halogenated alkanes) is 1. The number of amides is 1. The SMILES string of the molecule is CCCCC(=O)N1CCSC1c1ccco1. The maximum atomic E-state index is 12.0. The smallest absolute Gasteiger partial charge is 0.223 e. The lowest BCUT2D eigenvalue weighted by Gasteiger charge is -2.22. The normalized spacial score (nSPS) is 20.3. The predicted molar refractivity (Wildman–Crippen MR) is 65.1 cm³/mol. The van der Waals surface area contributed by atoms with Gasteiger partial charge in [-0.25, -0.2) is 0 Å². The summed E-state index contributed by atoms with van der Waals surface area (Å²) in [6.45, 7) is 2.95. The zero-order chi connectivity index (χ0) is 11.4. The molecule has 1 aromatic rings. The summed E-state index contributed by atoms with van der Waals surface area (Å²) in [6.07, 6.45) is 4.38. The van der Waals surface area contributed by atoms with Gasteiger partial charge in [-0.3, -0.25) is 4.79 Å². The first-order valence-corrected chi connectivity index (χ1v) is 6.82. The van der Waals surface area contributed by atoms with Crippen LogP contribution in [0.25, 0.3) is 0 Å². The van der Waals surface area contributed by atoms with Gasteiger partial charge >= 0.3 is 0 Å². The molecule has 1 amide bonds. The van der Waals surface area contributed by atoms with Crippen molar-refractivity contribution in [3.63, 3.8) is 0 Å². The summed E-state index contributed by atoms with van der Waals surface area (Å²) in [5, 5.41) is 0.0966. The van der Waals surface area contributed by atoms with Gasteiger partial charge in [0.05, 0.1) is 6.26 Å². The van der Waals surface area contributed by atoms with Crippen LogP contribution in [0.2, 0.25) is 0 Å². The molecule has 4 heteroatoms. The van der Waals surface area contributed by atoms with E-state index in [4.69, 9.17) is 4.42 Å². The summed E-state index contributed by atoms with van der Waals surface area (Å²) in [4.78, 5) is 13.9. The third kappa shape index (κ3) is 2.43. The molecule has 0 N–H and O–H groups in total. The monoisotopic (exact) mass is 239 g/mol. The standard InChI is InChI=1S/C12H17NO2S/c1-2-3-6-11(14)13-7-9-16-12(13)10-5-4-8-15-10/h4-5,8,12H,2-3,6-7,9H2,1H3. The van der Waals surface area contributed by atoms with E-state index in [1.165, 1.54) is 0 Å². The van der Waals surface area contributed by atoms with Gasteiger partial charge in [-0.15, -0.1) is 11.8 Å². The molecular weight excluding hydrogens is 222 g/mol. The van der Waals surface area contributed by atoms with Crippen molar-refractivity contribution >= 4 is 17.7 Å². The summed E-state index contributed by atoms with van der Waals surface area (Å²) < 4.78 is 5.39. The minimum Gasteiger partial charge on any atom is -0.466 e. The lowest BCUT2D eigenvalue weighted by molar-refractivity contribution is -0.131. The number of furan rings is 1. The third-order valence-electron chi connectivity index (χ3n) is 2.74.